The van der Waals surface area contributed by atoms with E-state index in [2.05, 4.69) is 25.7 Å². The summed E-state index contributed by atoms with van der Waals surface area (Å²) < 4.78 is 20.6. The molecule has 2 aromatic heterocycles. The third-order valence-electron chi connectivity index (χ3n) is 6.07. The van der Waals surface area contributed by atoms with Gasteiger partial charge in [-0.05, 0) is 49.6 Å². The number of hydrogen-bond donors (Lipinski definition) is 2. The molecule has 7 nitrogen and oxygen atoms in total. The van der Waals surface area contributed by atoms with E-state index in [9.17, 15) is 9.50 Å². The number of phenolic OH excluding ortho intramolecular Hbond substituents is 1. The van der Waals surface area contributed by atoms with Crippen molar-refractivity contribution >= 4 is 0 Å². The van der Waals surface area contributed by atoms with Crippen molar-refractivity contribution in [1.82, 2.24) is 25.7 Å². The fraction of sp³-hybridized carbons (Fsp3) is 0.391. The first kappa shape index (κ1) is 19.8. The first-order valence-corrected chi connectivity index (χ1v) is 10.6. The molecule has 0 unspecified atom stereocenters. The van der Waals surface area contributed by atoms with Crippen LogP contribution in [0, 0.1) is 6.92 Å². The second-order valence-electron chi connectivity index (χ2n) is 8.31. The van der Waals surface area contributed by atoms with Gasteiger partial charge in [-0.1, -0.05) is 12.5 Å². The van der Waals surface area contributed by atoms with E-state index in [0.29, 0.717) is 29.6 Å². The molecule has 0 amide bonds. The van der Waals surface area contributed by atoms with Gasteiger partial charge in [0.25, 0.3) is 0 Å². The molecule has 0 spiro atoms. The van der Waals surface area contributed by atoms with Gasteiger partial charge in [-0.25, -0.2) is 4.39 Å². The van der Waals surface area contributed by atoms with Crippen LogP contribution in [0.25, 0.3) is 22.4 Å². The molecule has 0 saturated carbocycles. The van der Waals surface area contributed by atoms with Gasteiger partial charge in [0.05, 0.1) is 17.6 Å². The van der Waals surface area contributed by atoms with Crippen LogP contribution in [-0.4, -0.2) is 49.9 Å². The Kier molecular flexibility index (Phi) is 5.23. The van der Waals surface area contributed by atoms with Crippen molar-refractivity contribution in [2.45, 2.75) is 57.0 Å². The highest BCUT2D eigenvalue weighted by molar-refractivity contribution is 5.73. The van der Waals surface area contributed by atoms with E-state index in [1.807, 2.05) is 19.1 Å². The molecule has 0 radical (unpaired) electrons. The lowest BCUT2D eigenvalue weighted by atomic mass is 9.84. The molecule has 2 saturated heterocycles. The highest BCUT2D eigenvalue weighted by Gasteiger charge is 2.41. The standard InChI is InChI=1S/C23H24FN5O2/c1-13-9-15(12-25-27-13)14-5-6-17(20(30)10-14)18-7-8-22(29-28-18)31-21-11-16-3-2-4-19(26-16)23(21)24/h5-10,12,16,19,21,23,26,30H,2-4,11H2,1H3/t16-,19+,21-,23+/m1/s1. The molecule has 4 heterocycles. The number of aromatic nitrogens is 4. The average Bonchev–Trinajstić information content (AvgIpc) is 2.78. The van der Waals surface area contributed by atoms with Gasteiger partial charge < -0.3 is 15.2 Å². The van der Waals surface area contributed by atoms with Crippen LogP contribution in [0.2, 0.25) is 0 Å². The van der Waals surface area contributed by atoms with E-state index >= 15 is 0 Å². The van der Waals surface area contributed by atoms with E-state index in [4.69, 9.17) is 4.74 Å². The molecular weight excluding hydrogens is 397 g/mol. The number of halogens is 1. The molecule has 3 aromatic rings. The van der Waals surface area contributed by atoms with Gasteiger partial charge in [0.1, 0.15) is 11.9 Å². The summed E-state index contributed by atoms with van der Waals surface area (Å²) >= 11 is 0. The SMILES string of the molecule is Cc1cc(-c2ccc(-c3ccc(O[C@@H]4C[C@H]5CCC[C@H](N5)[C@@H]4F)nn3)c(O)c2)cnn1. The average molecular weight is 421 g/mol. The molecule has 2 N–H and O–H groups in total. The number of piperidine rings is 2. The van der Waals surface area contributed by atoms with E-state index in [0.717, 1.165) is 36.1 Å². The third-order valence-corrected chi connectivity index (χ3v) is 6.07. The first-order valence-electron chi connectivity index (χ1n) is 10.6. The Balaban J connectivity index is 1.32. The largest absolute Gasteiger partial charge is 0.507 e. The molecule has 5 rings (SSSR count). The maximum Gasteiger partial charge on any atom is 0.233 e. The number of aryl methyl sites for hydroxylation is 1. The number of rotatable bonds is 4. The smallest absolute Gasteiger partial charge is 0.233 e. The Labute approximate surface area is 179 Å². The van der Waals surface area contributed by atoms with Gasteiger partial charge in [0.15, 0.2) is 6.17 Å². The van der Waals surface area contributed by atoms with E-state index in [-0.39, 0.29) is 11.8 Å². The predicted molar refractivity (Wildman–Crippen MR) is 113 cm³/mol. The molecule has 1 aromatic carbocycles. The molecule has 160 valence electrons. The molecule has 2 aliphatic heterocycles. The zero-order chi connectivity index (χ0) is 21.4. The van der Waals surface area contributed by atoms with Crippen molar-refractivity contribution in [3.63, 3.8) is 0 Å². The van der Waals surface area contributed by atoms with Crippen molar-refractivity contribution in [2.75, 3.05) is 0 Å². The first-order chi connectivity index (χ1) is 15.1. The summed E-state index contributed by atoms with van der Waals surface area (Å²) in [5.74, 6) is 0.385. The third kappa shape index (κ3) is 4.07. The summed E-state index contributed by atoms with van der Waals surface area (Å²) in [6, 6.07) is 10.8. The minimum Gasteiger partial charge on any atom is -0.507 e. The molecule has 2 fully saturated rings. The lowest BCUT2D eigenvalue weighted by molar-refractivity contribution is 0.00652. The van der Waals surface area contributed by atoms with Crippen molar-refractivity contribution < 1.29 is 14.2 Å². The van der Waals surface area contributed by atoms with E-state index in [1.54, 1.807) is 30.5 Å². The summed E-state index contributed by atoms with van der Waals surface area (Å²) in [7, 11) is 0. The number of phenols is 1. The van der Waals surface area contributed by atoms with Gasteiger partial charge in [0, 0.05) is 35.7 Å². The molecule has 8 heteroatoms. The quantitative estimate of drug-likeness (QED) is 0.665. The maximum atomic E-state index is 14.7. The second-order valence-corrected chi connectivity index (χ2v) is 8.31. The maximum absolute atomic E-state index is 14.7. The molecule has 2 aliphatic rings. The number of alkyl halides is 1. The number of aromatic hydroxyl groups is 1. The van der Waals surface area contributed by atoms with Crippen LogP contribution < -0.4 is 10.1 Å². The summed E-state index contributed by atoms with van der Waals surface area (Å²) in [6.45, 7) is 1.87. The van der Waals surface area contributed by atoms with Gasteiger partial charge in [-0.3, -0.25) is 0 Å². The Bertz CT molecular complexity index is 1080. The molecule has 31 heavy (non-hydrogen) atoms. The zero-order valence-corrected chi connectivity index (χ0v) is 17.2. The summed E-state index contributed by atoms with van der Waals surface area (Å²) in [6.07, 6.45) is 3.67. The molecular formula is C23H24FN5O2. The molecule has 4 atom stereocenters. The Morgan fingerprint density at radius 2 is 1.97 bits per heavy atom. The predicted octanol–water partition coefficient (Wildman–Crippen LogP) is 3.61. The summed E-state index contributed by atoms with van der Waals surface area (Å²) in [4.78, 5) is 0. The lowest BCUT2D eigenvalue weighted by Gasteiger charge is -2.42. The van der Waals surface area contributed by atoms with Crippen LogP contribution in [0.5, 0.6) is 11.6 Å². The lowest BCUT2D eigenvalue weighted by Crippen LogP contribution is -2.59. The molecule has 0 aliphatic carbocycles. The van der Waals surface area contributed by atoms with Crippen LogP contribution >= 0.6 is 0 Å². The fourth-order valence-electron chi connectivity index (χ4n) is 4.51. The monoisotopic (exact) mass is 421 g/mol. The topological polar surface area (TPSA) is 93.0 Å². The summed E-state index contributed by atoms with van der Waals surface area (Å²) in [5.41, 5.74) is 3.57. The normalized spacial score (nSPS) is 25.2. The van der Waals surface area contributed by atoms with E-state index < -0.39 is 12.3 Å². The molecule has 2 bridgehead atoms. The summed E-state index contributed by atoms with van der Waals surface area (Å²) in [5, 5.41) is 30.1. The van der Waals surface area contributed by atoms with Gasteiger partial charge in [0.2, 0.25) is 5.88 Å². The number of nitrogens with zero attached hydrogens (tertiary/aromatic N) is 4. The number of fused-ring (bicyclic) bond motifs is 2. The van der Waals surface area contributed by atoms with E-state index in [1.165, 1.54) is 0 Å². The van der Waals surface area contributed by atoms with Crippen molar-refractivity contribution in [3.8, 4) is 34.0 Å². The Morgan fingerprint density at radius 1 is 1.06 bits per heavy atom. The van der Waals surface area contributed by atoms with Crippen molar-refractivity contribution in [2.24, 2.45) is 0 Å². The Morgan fingerprint density at radius 3 is 2.74 bits per heavy atom. The number of hydrogen-bond acceptors (Lipinski definition) is 7. The van der Waals surface area contributed by atoms with Crippen LogP contribution in [0.4, 0.5) is 4.39 Å². The second kappa shape index (κ2) is 8.19. The minimum absolute atomic E-state index is 0.0879. The van der Waals surface area contributed by atoms with Crippen LogP contribution in [0.1, 0.15) is 31.4 Å². The highest BCUT2D eigenvalue weighted by atomic mass is 19.1. The zero-order valence-electron chi connectivity index (χ0n) is 17.2. The fourth-order valence-corrected chi connectivity index (χ4v) is 4.51. The van der Waals surface area contributed by atoms with Crippen LogP contribution in [-0.2, 0) is 0 Å². The van der Waals surface area contributed by atoms with Crippen molar-refractivity contribution in [3.05, 3.63) is 48.3 Å². The highest BCUT2D eigenvalue weighted by Crippen LogP contribution is 2.33. The number of benzene rings is 1. The Hall–Kier alpha value is -3.13. The minimum atomic E-state index is -1.05. The van der Waals surface area contributed by atoms with Gasteiger partial charge in [-0.2, -0.15) is 10.2 Å². The number of nitrogens with one attached hydrogen (secondary N) is 1. The number of ether oxygens (including phenoxy) is 1. The van der Waals surface area contributed by atoms with Crippen LogP contribution in [0.3, 0.4) is 0 Å². The van der Waals surface area contributed by atoms with Crippen LogP contribution in [0.15, 0.2) is 42.6 Å². The van der Waals surface area contributed by atoms with Crippen molar-refractivity contribution in [1.29, 1.82) is 0 Å². The van der Waals surface area contributed by atoms with Gasteiger partial charge >= 0.3 is 0 Å². The van der Waals surface area contributed by atoms with Gasteiger partial charge in [-0.15, -0.1) is 10.2 Å².